The quantitative estimate of drug-likeness (QED) is 0.869. The van der Waals surface area contributed by atoms with Gasteiger partial charge in [0.05, 0.1) is 5.39 Å². The Morgan fingerprint density at radius 3 is 2.84 bits per heavy atom. The molecule has 1 aliphatic heterocycles. The summed E-state index contributed by atoms with van der Waals surface area (Å²) in [6, 6.07) is 0. The monoisotopic (exact) mass is 276 g/mol. The first-order chi connectivity index (χ1) is 8.98. The molecular formula is C14H20N4S. The fourth-order valence-electron chi connectivity index (χ4n) is 2.73. The lowest BCUT2D eigenvalue weighted by atomic mass is 10.0. The van der Waals surface area contributed by atoms with Crippen LogP contribution in [-0.4, -0.2) is 35.1 Å². The Bertz CT molecular complexity index is 617. The number of piperazine rings is 1. The SMILES string of the molecule is Cc1sc2ncnc(N3CCNC(C)(C)C3)c2c1C. The van der Waals surface area contributed by atoms with E-state index < -0.39 is 0 Å². The summed E-state index contributed by atoms with van der Waals surface area (Å²) < 4.78 is 0. The first-order valence-corrected chi connectivity index (χ1v) is 7.50. The molecular weight excluding hydrogens is 256 g/mol. The van der Waals surface area contributed by atoms with Crippen LogP contribution >= 0.6 is 11.3 Å². The second-order valence-electron chi connectivity index (χ2n) is 5.89. The molecule has 0 unspecified atom stereocenters. The number of aromatic nitrogens is 2. The zero-order valence-corrected chi connectivity index (χ0v) is 12.8. The van der Waals surface area contributed by atoms with Crippen LogP contribution in [0.15, 0.2) is 6.33 Å². The Morgan fingerprint density at radius 1 is 1.32 bits per heavy atom. The lowest BCUT2D eigenvalue weighted by Gasteiger charge is -2.40. The molecule has 0 aromatic carbocycles. The Labute approximate surface area is 117 Å². The highest BCUT2D eigenvalue weighted by molar-refractivity contribution is 7.18. The Balaban J connectivity index is 2.10. The minimum atomic E-state index is 0.133. The summed E-state index contributed by atoms with van der Waals surface area (Å²) in [4.78, 5) is 13.8. The average Bonchev–Trinajstić information content (AvgIpc) is 2.64. The maximum Gasteiger partial charge on any atom is 0.141 e. The summed E-state index contributed by atoms with van der Waals surface area (Å²) in [6.07, 6.45) is 1.70. The highest BCUT2D eigenvalue weighted by Crippen LogP contribution is 2.34. The van der Waals surface area contributed by atoms with Crippen LogP contribution in [-0.2, 0) is 0 Å². The van der Waals surface area contributed by atoms with Gasteiger partial charge in [-0.05, 0) is 33.3 Å². The maximum atomic E-state index is 4.56. The van der Waals surface area contributed by atoms with Gasteiger partial charge in [0.15, 0.2) is 0 Å². The molecule has 1 saturated heterocycles. The van der Waals surface area contributed by atoms with E-state index in [1.165, 1.54) is 15.8 Å². The van der Waals surface area contributed by atoms with Crippen LogP contribution in [0.5, 0.6) is 0 Å². The van der Waals surface area contributed by atoms with Crippen molar-refractivity contribution in [2.75, 3.05) is 24.5 Å². The molecule has 5 heteroatoms. The van der Waals surface area contributed by atoms with E-state index in [-0.39, 0.29) is 5.54 Å². The van der Waals surface area contributed by atoms with Crippen molar-refractivity contribution >= 4 is 27.4 Å². The molecule has 0 atom stereocenters. The molecule has 0 bridgehead atoms. The maximum absolute atomic E-state index is 4.56. The van der Waals surface area contributed by atoms with Gasteiger partial charge in [0.2, 0.25) is 0 Å². The van der Waals surface area contributed by atoms with Gasteiger partial charge < -0.3 is 10.2 Å². The molecule has 2 aromatic rings. The van der Waals surface area contributed by atoms with Gasteiger partial charge in [-0.3, -0.25) is 0 Å². The van der Waals surface area contributed by atoms with Crippen molar-refractivity contribution in [2.45, 2.75) is 33.2 Å². The van der Waals surface area contributed by atoms with Crippen molar-refractivity contribution in [2.24, 2.45) is 0 Å². The summed E-state index contributed by atoms with van der Waals surface area (Å²) in [5, 5.41) is 4.78. The van der Waals surface area contributed by atoms with Gasteiger partial charge in [-0.1, -0.05) is 0 Å². The number of anilines is 1. The Morgan fingerprint density at radius 2 is 2.11 bits per heavy atom. The van der Waals surface area contributed by atoms with Gasteiger partial charge in [-0.15, -0.1) is 11.3 Å². The molecule has 4 nitrogen and oxygen atoms in total. The molecule has 3 heterocycles. The van der Waals surface area contributed by atoms with E-state index in [9.17, 15) is 0 Å². The molecule has 2 aromatic heterocycles. The van der Waals surface area contributed by atoms with Gasteiger partial charge in [0, 0.05) is 30.1 Å². The van der Waals surface area contributed by atoms with Crippen molar-refractivity contribution in [1.82, 2.24) is 15.3 Å². The third kappa shape index (κ3) is 2.21. The minimum absolute atomic E-state index is 0.133. The fourth-order valence-corrected chi connectivity index (χ4v) is 3.72. The van der Waals surface area contributed by atoms with Crippen LogP contribution in [0.1, 0.15) is 24.3 Å². The summed E-state index contributed by atoms with van der Waals surface area (Å²) in [7, 11) is 0. The predicted molar refractivity (Wildman–Crippen MR) is 81.2 cm³/mol. The van der Waals surface area contributed by atoms with E-state index in [4.69, 9.17) is 0 Å². The number of thiophene rings is 1. The second kappa shape index (κ2) is 4.42. The second-order valence-corrected chi connectivity index (χ2v) is 7.10. The van der Waals surface area contributed by atoms with E-state index in [1.807, 2.05) is 0 Å². The van der Waals surface area contributed by atoms with Crippen LogP contribution in [0.3, 0.4) is 0 Å². The van der Waals surface area contributed by atoms with Gasteiger partial charge in [-0.25, -0.2) is 9.97 Å². The van der Waals surface area contributed by atoms with Gasteiger partial charge in [0.25, 0.3) is 0 Å². The molecule has 102 valence electrons. The van der Waals surface area contributed by atoms with E-state index >= 15 is 0 Å². The topological polar surface area (TPSA) is 41.1 Å². The highest BCUT2D eigenvalue weighted by atomic mass is 32.1. The van der Waals surface area contributed by atoms with Crippen molar-refractivity contribution in [1.29, 1.82) is 0 Å². The first-order valence-electron chi connectivity index (χ1n) is 6.69. The van der Waals surface area contributed by atoms with Gasteiger partial charge in [0.1, 0.15) is 17.0 Å². The number of nitrogens with zero attached hydrogens (tertiary/aromatic N) is 3. The third-order valence-electron chi connectivity index (χ3n) is 3.82. The molecule has 1 N–H and O–H groups in total. The van der Waals surface area contributed by atoms with E-state index in [0.717, 1.165) is 30.3 Å². The zero-order valence-electron chi connectivity index (χ0n) is 11.9. The summed E-state index contributed by atoms with van der Waals surface area (Å²) >= 11 is 1.76. The summed E-state index contributed by atoms with van der Waals surface area (Å²) in [5.74, 6) is 1.10. The standard InChI is InChI=1S/C14H20N4S/c1-9-10(2)19-13-11(9)12(15-8-16-13)18-6-5-17-14(3,4)7-18/h8,17H,5-7H2,1-4H3. The normalized spacial score (nSPS) is 19.1. The van der Waals surface area contributed by atoms with E-state index in [0.29, 0.717) is 0 Å². The van der Waals surface area contributed by atoms with Crippen LogP contribution in [0.4, 0.5) is 5.82 Å². The van der Waals surface area contributed by atoms with Crippen molar-refractivity contribution in [3.8, 4) is 0 Å². The van der Waals surface area contributed by atoms with E-state index in [1.54, 1.807) is 17.7 Å². The molecule has 0 saturated carbocycles. The molecule has 1 fully saturated rings. The van der Waals surface area contributed by atoms with Crippen molar-refractivity contribution < 1.29 is 0 Å². The first kappa shape index (κ1) is 12.8. The molecule has 0 amide bonds. The molecule has 0 spiro atoms. The zero-order chi connectivity index (χ0) is 13.6. The number of nitrogens with one attached hydrogen (secondary N) is 1. The average molecular weight is 276 g/mol. The smallest absolute Gasteiger partial charge is 0.141 e. The molecule has 0 radical (unpaired) electrons. The number of hydrogen-bond acceptors (Lipinski definition) is 5. The van der Waals surface area contributed by atoms with Crippen LogP contribution in [0.25, 0.3) is 10.2 Å². The van der Waals surface area contributed by atoms with E-state index in [2.05, 4.69) is 47.9 Å². The van der Waals surface area contributed by atoms with Gasteiger partial charge >= 0.3 is 0 Å². The fraction of sp³-hybridized carbons (Fsp3) is 0.571. The van der Waals surface area contributed by atoms with Crippen molar-refractivity contribution in [3.63, 3.8) is 0 Å². The lowest BCUT2D eigenvalue weighted by molar-refractivity contribution is 0.352. The third-order valence-corrected chi connectivity index (χ3v) is 4.93. The Kier molecular flexibility index (Phi) is 2.98. The lowest BCUT2D eigenvalue weighted by Crippen LogP contribution is -2.57. The molecule has 3 rings (SSSR count). The molecule has 0 aliphatic carbocycles. The predicted octanol–water partition coefficient (Wildman–Crippen LogP) is 2.50. The number of rotatable bonds is 1. The number of hydrogen-bond donors (Lipinski definition) is 1. The highest BCUT2D eigenvalue weighted by Gasteiger charge is 2.28. The number of fused-ring (bicyclic) bond motifs is 1. The largest absolute Gasteiger partial charge is 0.353 e. The summed E-state index contributed by atoms with van der Waals surface area (Å²) in [6.45, 7) is 11.8. The minimum Gasteiger partial charge on any atom is -0.353 e. The molecule has 19 heavy (non-hydrogen) atoms. The number of aryl methyl sites for hydroxylation is 2. The van der Waals surface area contributed by atoms with Gasteiger partial charge in [-0.2, -0.15) is 0 Å². The van der Waals surface area contributed by atoms with Crippen LogP contribution in [0, 0.1) is 13.8 Å². The summed E-state index contributed by atoms with van der Waals surface area (Å²) in [5.41, 5.74) is 1.46. The van der Waals surface area contributed by atoms with Crippen molar-refractivity contribution in [3.05, 3.63) is 16.8 Å². The Hall–Kier alpha value is -1.20. The van der Waals surface area contributed by atoms with Crippen LogP contribution in [0.2, 0.25) is 0 Å². The molecule has 1 aliphatic rings. The van der Waals surface area contributed by atoms with Crippen LogP contribution < -0.4 is 10.2 Å².